The third kappa shape index (κ3) is 5.37. The molecule has 0 bridgehead atoms. The molecule has 1 aliphatic heterocycles. The van der Waals surface area contributed by atoms with E-state index in [0.29, 0.717) is 38.2 Å². The molecule has 2 amide bonds. The number of nitrogens with zero attached hydrogens (tertiary/aromatic N) is 1. The molecule has 10 nitrogen and oxygen atoms in total. The Bertz CT molecular complexity index is 610. The molecule has 1 aliphatic rings. The maximum atomic E-state index is 12.7. The van der Waals surface area contributed by atoms with Crippen LogP contribution in [0.25, 0.3) is 0 Å². The summed E-state index contributed by atoms with van der Waals surface area (Å²) in [4.78, 5) is 31.3. The minimum Gasteiger partial charge on any atom is -0.355 e. The number of hydrogen-bond donors (Lipinski definition) is 6. The first kappa shape index (κ1) is 19.6. The Morgan fingerprint density at radius 2 is 2.32 bits per heavy atom. The zero-order valence-electron chi connectivity index (χ0n) is 14.0. The number of H-pyrrole nitrogens is 1. The van der Waals surface area contributed by atoms with Gasteiger partial charge in [0.05, 0.1) is 6.33 Å². The Morgan fingerprint density at radius 1 is 1.52 bits per heavy atom. The summed E-state index contributed by atoms with van der Waals surface area (Å²) in [5, 5.41) is 8.11. The largest absolute Gasteiger partial charge is 0.355 e. The molecule has 1 aromatic heterocycles. The average molecular weight is 371 g/mol. The molecular formula is C14H26N7O3P. The maximum absolute atomic E-state index is 12.7. The number of nitrogens with two attached hydrogens (primary N) is 2. The summed E-state index contributed by atoms with van der Waals surface area (Å²) < 4.78 is 12.7. The predicted molar refractivity (Wildman–Crippen MR) is 94.1 cm³/mol. The van der Waals surface area contributed by atoms with Gasteiger partial charge in [0.15, 0.2) is 5.66 Å². The second kappa shape index (κ2) is 9.10. The van der Waals surface area contributed by atoms with E-state index in [0.717, 1.165) is 6.42 Å². The van der Waals surface area contributed by atoms with Crippen LogP contribution in [-0.2, 0) is 20.6 Å². The molecule has 0 aromatic carbocycles. The topological polar surface area (TPSA) is 168 Å². The minimum absolute atomic E-state index is 0.0617. The van der Waals surface area contributed by atoms with Crippen LogP contribution in [0, 0.1) is 0 Å². The van der Waals surface area contributed by atoms with Crippen molar-refractivity contribution in [2.45, 2.75) is 37.0 Å². The van der Waals surface area contributed by atoms with Crippen molar-refractivity contribution < 1.29 is 14.2 Å². The zero-order chi connectivity index (χ0) is 18.3. The van der Waals surface area contributed by atoms with Gasteiger partial charge in [0.1, 0.15) is 13.6 Å². The molecule has 3 atom stereocenters. The molecule has 2 heterocycles. The summed E-state index contributed by atoms with van der Waals surface area (Å²) >= 11 is 0. The zero-order valence-corrected chi connectivity index (χ0v) is 15.0. The van der Waals surface area contributed by atoms with Crippen LogP contribution in [0.4, 0.5) is 0 Å². The SMILES string of the molecule is NCCCNC(=O)C(N)(Cc1cnc[nH]1)N[PH](=O)[C@H]1CCCNC1=O. The second-order valence-corrected chi connectivity index (χ2v) is 7.77. The highest BCUT2D eigenvalue weighted by atomic mass is 31.1. The monoisotopic (exact) mass is 371 g/mol. The number of aromatic amines is 1. The number of carbonyl (C=O) groups is 2. The number of piperidine rings is 1. The van der Waals surface area contributed by atoms with Crippen LogP contribution in [0.15, 0.2) is 12.5 Å². The lowest BCUT2D eigenvalue weighted by Gasteiger charge is -2.31. The van der Waals surface area contributed by atoms with Gasteiger partial charge in [-0.25, -0.2) is 10.1 Å². The normalized spacial score (nSPS) is 21.2. The standard InChI is InChI=1S/C14H26N7O3P/c15-4-2-6-19-13(23)14(16,7-10-8-17-9-20-10)21-25(24)11-3-1-5-18-12(11)22/h8-9,11,25H,1-7,15-16H2,(H,17,20)(H,18,22)(H,19,23)(H,21,24)/t11-,14?/m0/s1. The molecule has 0 spiro atoms. The Hall–Kier alpha value is -1.74. The van der Waals surface area contributed by atoms with Gasteiger partial charge in [-0.15, -0.1) is 0 Å². The summed E-state index contributed by atoms with van der Waals surface area (Å²) in [6.45, 7) is 1.38. The van der Waals surface area contributed by atoms with E-state index in [9.17, 15) is 14.2 Å². The lowest BCUT2D eigenvalue weighted by Crippen LogP contribution is -2.63. The fourth-order valence-corrected chi connectivity index (χ4v) is 4.28. The molecule has 1 fully saturated rings. The van der Waals surface area contributed by atoms with Crippen LogP contribution in [-0.4, -0.2) is 52.7 Å². The molecule has 2 unspecified atom stereocenters. The van der Waals surface area contributed by atoms with Gasteiger partial charge >= 0.3 is 0 Å². The van der Waals surface area contributed by atoms with Gasteiger partial charge in [0.25, 0.3) is 5.91 Å². The fraction of sp³-hybridized carbons (Fsp3) is 0.643. The van der Waals surface area contributed by atoms with E-state index >= 15 is 0 Å². The first-order valence-electron chi connectivity index (χ1n) is 8.30. The molecule has 1 aromatic rings. The van der Waals surface area contributed by atoms with Crippen molar-refractivity contribution >= 4 is 19.8 Å². The Kier molecular flexibility index (Phi) is 7.12. The molecule has 2 rings (SSSR count). The molecule has 8 N–H and O–H groups in total. The first-order chi connectivity index (χ1) is 12.0. The van der Waals surface area contributed by atoms with E-state index in [1.807, 2.05) is 0 Å². The van der Waals surface area contributed by atoms with E-state index in [2.05, 4.69) is 25.7 Å². The highest BCUT2D eigenvalue weighted by Gasteiger charge is 2.39. The van der Waals surface area contributed by atoms with Crippen LogP contribution in [0.3, 0.4) is 0 Å². The molecule has 11 heteroatoms. The van der Waals surface area contributed by atoms with Crippen LogP contribution in [0.5, 0.6) is 0 Å². The summed E-state index contributed by atoms with van der Waals surface area (Å²) in [6, 6.07) is 0. The smallest absolute Gasteiger partial charge is 0.255 e. The third-order valence-corrected chi connectivity index (χ3v) is 5.92. The highest BCUT2D eigenvalue weighted by Crippen LogP contribution is 2.31. The van der Waals surface area contributed by atoms with Gasteiger partial charge < -0.3 is 31.6 Å². The van der Waals surface area contributed by atoms with E-state index in [1.54, 1.807) is 6.20 Å². The molecular weight excluding hydrogens is 345 g/mol. The van der Waals surface area contributed by atoms with Crippen molar-refractivity contribution in [3.8, 4) is 0 Å². The third-order valence-electron chi connectivity index (χ3n) is 4.04. The van der Waals surface area contributed by atoms with Gasteiger partial charge in [0.2, 0.25) is 5.91 Å². The first-order valence-corrected chi connectivity index (χ1v) is 9.79. The quantitative estimate of drug-likeness (QED) is 0.173. The van der Waals surface area contributed by atoms with Gasteiger partial charge in [-0.3, -0.25) is 9.59 Å². The van der Waals surface area contributed by atoms with Gasteiger partial charge in [0, 0.05) is 31.4 Å². The van der Waals surface area contributed by atoms with Crippen molar-refractivity contribution in [1.82, 2.24) is 25.7 Å². The van der Waals surface area contributed by atoms with Crippen LogP contribution < -0.4 is 27.2 Å². The molecule has 0 aliphatic carbocycles. The summed E-state index contributed by atoms with van der Waals surface area (Å²) in [5.41, 5.74) is 10.0. The summed E-state index contributed by atoms with van der Waals surface area (Å²) in [5.74, 6) is -0.764. The van der Waals surface area contributed by atoms with E-state index in [-0.39, 0.29) is 12.3 Å². The van der Waals surface area contributed by atoms with Crippen molar-refractivity contribution in [3.63, 3.8) is 0 Å². The Balaban J connectivity index is 2.10. The van der Waals surface area contributed by atoms with E-state index in [4.69, 9.17) is 11.5 Å². The second-order valence-electron chi connectivity index (χ2n) is 6.10. The van der Waals surface area contributed by atoms with E-state index in [1.165, 1.54) is 6.33 Å². The van der Waals surface area contributed by atoms with Gasteiger partial charge in [-0.2, -0.15) is 0 Å². The number of carbonyl (C=O) groups excluding carboxylic acids is 2. The van der Waals surface area contributed by atoms with Crippen molar-refractivity contribution in [2.24, 2.45) is 11.5 Å². The minimum atomic E-state index is -2.63. The molecule has 140 valence electrons. The summed E-state index contributed by atoms with van der Waals surface area (Å²) in [7, 11) is -2.63. The molecule has 1 saturated heterocycles. The Morgan fingerprint density at radius 3 is 2.96 bits per heavy atom. The summed E-state index contributed by atoms with van der Waals surface area (Å²) in [6.07, 6.45) is 4.93. The molecule has 25 heavy (non-hydrogen) atoms. The number of hydrogen-bond acceptors (Lipinski definition) is 6. The van der Waals surface area contributed by atoms with Crippen molar-refractivity contribution in [1.29, 1.82) is 0 Å². The number of imidazole rings is 1. The molecule has 0 radical (unpaired) electrons. The lowest BCUT2D eigenvalue weighted by atomic mass is 10.1. The number of nitrogens with one attached hydrogen (secondary N) is 4. The van der Waals surface area contributed by atoms with Gasteiger partial charge in [-0.05, 0) is 25.8 Å². The number of amides is 2. The van der Waals surface area contributed by atoms with Gasteiger partial charge in [-0.1, -0.05) is 0 Å². The van der Waals surface area contributed by atoms with Crippen molar-refractivity contribution in [3.05, 3.63) is 18.2 Å². The van der Waals surface area contributed by atoms with Crippen LogP contribution >= 0.6 is 7.95 Å². The predicted octanol–water partition coefficient (Wildman–Crippen LogP) is -1.58. The van der Waals surface area contributed by atoms with Crippen LogP contribution in [0.2, 0.25) is 0 Å². The number of aromatic nitrogens is 2. The fourth-order valence-electron chi connectivity index (χ4n) is 2.65. The lowest BCUT2D eigenvalue weighted by molar-refractivity contribution is -0.127. The van der Waals surface area contributed by atoms with E-state index < -0.39 is 25.2 Å². The van der Waals surface area contributed by atoms with Crippen molar-refractivity contribution in [2.75, 3.05) is 19.6 Å². The Labute approximate surface area is 146 Å². The molecule has 0 saturated carbocycles. The number of rotatable bonds is 9. The average Bonchev–Trinajstić information content (AvgIpc) is 3.07. The van der Waals surface area contributed by atoms with Crippen LogP contribution in [0.1, 0.15) is 25.0 Å². The highest BCUT2D eigenvalue weighted by molar-refractivity contribution is 7.44. The maximum Gasteiger partial charge on any atom is 0.255 e.